The lowest BCUT2D eigenvalue weighted by Crippen LogP contribution is -2.41. The molecule has 2 aromatic heterocycles. The Morgan fingerprint density at radius 3 is 1.92 bits per heavy atom. The molecule has 1 unspecified atom stereocenters. The molecule has 24 heavy (non-hydrogen) atoms. The van der Waals surface area contributed by atoms with Crippen LogP contribution in [0.5, 0.6) is 0 Å². The van der Waals surface area contributed by atoms with E-state index in [0.29, 0.717) is 0 Å². The zero-order chi connectivity index (χ0) is 17.0. The van der Waals surface area contributed by atoms with Gasteiger partial charge in [0, 0.05) is 9.75 Å². The van der Waals surface area contributed by atoms with E-state index in [1.807, 2.05) is 34.4 Å². The average molecular weight is 376 g/mol. The van der Waals surface area contributed by atoms with Crippen LogP contribution in [-0.4, -0.2) is 23.5 Å². The lowest BCUT2D eigenvalue weighted by Gasteiger charge is -2.32. The first-order valence-electron chi connectivity index (χ1n) is 8.15. The van der Waals surface area contributed by atoms with Crippen LogP contribution in [0.3, 0.4) is 0 Å². The van der Waals surface area contributed by atoms with Gasteiger partial charge in [0.05, 0.1) is 16.4 Å². The summed E-state index contributed by atoms with van der Waals surface area (Å²) < 4.78 is 12.5. The molecule has 1 atom stereocenters. The van der Waals surface area contributed by atoms with E-state index in [1.165, 1.54) is 9.75 Å². The largest absolute Gasteiger partial charge is 0.475 e. The number of thioether (sulfide) groups is 1. The van der Waals surface area contributed by atoms with Crippen LogP contribution in [0.4, 0.5) is 0 Å². The van der Waals surface area contributed by atoms with Crippen molar-refractivity contribution in [1.29, 1.82) is 0 Å². The van der Waals surface area contributed by atoms with Gasteiger partial charge < -0.3 is 9.31 Å². The Bertz CT molecular complexity index is 684. The van der Waals surface area contributed by atoms with Gasteiger partial charge in [0.2, 0.25) is 0 Å². The van der Waals surface area contributed by atoms with E-state index in [2.05, 4.69) is 74.9 Å². The summed E-state index contributed by atoms with van der Waals surface area (Å²) in [6, 6.07) is 8.72. The molecule has 2 aliphatic rings. The first kappa shape index (κ1) is 16.9. The van der Waals surface area contributed by atoms with Crippen molar-refractivity contribution in [2.45, 2.75) is 48.8 Å². The Hall–Kier alpha value is -0.525. The minimum atomic E-state index is -0.289. The second-order valence-electron chi connectivity index (χ2n) is 7.26. The maximum atomic E-state index is 6.29. The van der Waals surface area contributed by atoms with E-state index in [4.69, 9.17) is 9.31 Å². The van der Waals surface area contributed by atoms with E-state index in [0.717, 1.165) is 0 Å². The van der Waals surface area contributed by atoms with Crippen LogP contribution in [0.25, 0.3) is 0 Å². The maximum absolute atomic E-state index is 6.29. The van der Waals surface area contributed by atoms with Crippen LogP contribution in [0.1, 0.15) is 37.4 Å². The lowest BCUT2D eigenvalue weighted by atomic mass is 9.83. The Morgan fingerprint density at radius 1 is 0.917 bits per heavy atom. The van der Waals surface area contributed by atoms with Gasteiger partial charge in [-0.2, -0.15) is 0 Å². The van der Waals surface area contributed by atoms with Crippen molar-refractivity contribution in [2.75, 3.05) is 0 Å². The minimum Gasteiger partial charge on any atom is -0.402 e. The molecule has 0 aliphatic carbocycles. The van der Waals surface area contributed by atoms with E-state index in [9.17, 15) is 0 Å². The quantitative estimate of drug-likeness (QED) is 0.531. The van der Waals surface area contributed by atoms with Gasteiger partial charge in [-0.1, -0.05) is 24.3 Å². The second-order valence-corrected chi connectivity index (χ2v) is 10.6. The van der Waals surface area contributed by atoms with Crippen LogP contribution >= 0.6 is 34.4 Å². The first-order chi connectivity index (χ1) is 11.3. The molecule has 0 N–H and O–H groups in total. The lowest BCUT2D eigenvalue weighted by molar-refractivity contribution is 0.00578. The molecule has 126 valence electrons. The molecule has 6 heteroatoms. The highest BCUT2D eigenvalue weighted by atomic mass is 32.2. The van der Waals surface area contributed by atoms with Crippen molar-refractivity contribution in [3.05, 3.63) is 56.9 Å². The Labute approximate surface area is 156 Å². The summed E-state index contributed by atoms with van der Waals surface area (Å²) in [4.78, 5) is 2.73. The van der Waals surface area contributed by atoms with Crippen molar-refractivity contribution in [1.82, 2.24) is 0 Å². The smallest absolute Gasteiger partial charge is 0.402 e. The molecular weight excluding hydrogens is 355 g/mol. The topological polar surface area (TPSA) is 18.5 Å². The molecule has 0 saturated carbocycles. The molecule has 1 fully saturated rings. The van der Waals surface area contributed by atoms with Crippen molar-refractivity contribution < 1.29 is 9.31 Å². The fourth-order valence-corrected chi connectivity index (χ4v) is 6.68. The predicted octanol–water partition coefficient (Wildman–Crippen LogP) is 5.36. The van der Waals surface area contributed by atoms with Crippen LogP contribution in [0.2, 0.25) is 0 Å². The zero-order valence-electron chi connectivity index (χ0n) is 14.3. The van der Waals surface area contributed by atoms with Gasteiger partial charge in [-0.3, -0.25) is 0 Å². The standard InChI is InChI=1S/C18H21BO2S3/c1-16(2)17(3,4)21-19(20-16)15-9-10-18(24-15,13-7-5-11-22-13)14-8-6-12-23-14/h5-12,15H,1-4H3. The van der Waals surface area contributed by atoms with Gasteiger partial charge >= 0.3 is 7.12 Å². The predicted molar refractivity (Wildman–Crippen MR) is 106 cm³/mol. The van der Waals surface area contributed by atoms with Gasteiger partial charge in [0.15, 0.2) is 0 Å². The molecule has 0 radical (unpaired) electrons. The summed E-state index contributed by atoms with van der Waals surface area (Å²) in [5.74, 6) is 0. The van der Waals surface area contributed by atoms with Crippen LogP contribution in [0.15, 0.2) is 47.2 Å². The van der Waals surface area contributed by atoms with Crippen LogP contribution < -0.4 is 0 Å². The molecular formula is C18H21BO2S3. The van der Waals surface area contributed by atoms with Crippen LogP contribution in [-0.2, 0) is 14.1 Å². The summed E-state index contributed by atoms with van der Waals surface area (Å²) in [5.41, 5.74) is -0.577. The third kappa shape index (κ3) is 2.55. The molecule has 4 heterocycles. The number of hydrogen-bond acceptors (Lipinski definition) is 5. The molecule has 0 bridgehead atoms. The summed E-state index contributed by atoms with van der Waals surface area (Å²) in [6.07, 6.45) is 4.61. The number of hydrogen-bond donors (Lipinski definition) is 0. The SMILES string of the molecule is CC1(C)OB(C2C=CC(c3cccs3)(c3cccs3)S2)OC1(C)C. The molecule has 4 rings (SSSR count). The fourth-order valence-electron chi connectivity index (χ4n) is 3.07. The van der Waals surface area contributed by atoms with Crippen molar-refractivity contribution >= 4 is 41.6 Å². The van der Waals surface area contributed by atoms with Crippen molar-refractivity contribution in [3.8, 4) is 0 Å². The molecule has 2 nitrogen and oxygen atoms in total. The van der Waals surface area contributed by atoms with Gasteiger partial charge in [0.1, 0.15) is 4.75 Å². The first-order valence-corrected chi connectivity index (χ1v) is 10.8. The van der Waals surface area contributed by atoms with Gasteiger partial charge in [0.25, 0.3) is 0 Å². The maximum Gasteiger partial charge on any atom is 0.475 e. The van der Waals surface area contributed by atoms with Crippen LogP contribution in [0, 0.1) is 0 Å². The Morgan fingerprint density at radius 2 is 1.46 bits per heavy atom. The third-order valence-electron chi connectivity index (χ3n) is 5.16. The Kier molecular flexibility index (Phi) is 4.05. The summed E-state index contributed by atoms with van der Waals surface area (Å²) in [7, 11) is -0.210. The van der Waals surface area contributed by atoms with Gasteiger partial charge in [-0.15, -0.1) is 34.4 Å². The fraction of sp³-hybridized carbons (Fsp3) is 0.444. The number of rotatable bonds is 3. The normalized spacial score (nSPS) is 27.0. The summed E-state index contributed by atoms with van der Waals surface area (Å²) in [6.45, 7) is 8.45. The van der Waals surface area contributed by atoms with E-state index in [-0.39, 0.29) is 28.2 Å². The monoisotopic (exact) mass is 376 g/mol. The van der Waals surface area contributed by atoms with Gasteiger partial charge in [-0.25, -0.2) is 0 Å². The highest BCUT2D eigenvalue weighted by Crippen LogP contribution is 2.55. The summed E-state index contributed by atoms with van der Waals surface area (Å²) in [5, 5.41) is 4.50. The summed E-state index contributed by atoms with van der Waals surface area (Å²) >= 11 is 5.56. The average Bonchev–Trinajstić information content (AvgIpc) is 3.26. The highest BCUT2D eigenvalue weighted by molar-refractivity contribution is 8.03. The molecule has 2 aromatic rings. The van der Waals surface area contributed by atoms with E-state index < -0.39 is 0 Å². The van der Waals surface area contributed by atoms with Crippen molar-refractivity contribution in [3.63, 3.8) is 0 Å². The molecule has 0 spiro atoms. The minimum absolute atomic E-state index is 0.114. The second kappa shape index (κ2) is 5.75. The molecule has 2 aliphatic heterocycles. The molecule has 0 amide bonds. The Balaban J connectivity index is 1.65. The zero-order valence-corrected chi connectivity index (χ0v) is 16.8. The molecule has 1 saturated heterocycles. The highest BCUT2D eigenvalue weighted by Gasteiger charge is 2.56. The third-order valence-corrected chi connectivity index (χ3v) is 9.02. The van der Waals surface area contributed by atoms with Gasteiger partial charge in [-0.05, 0) is 50.6 Å². The van der Waals surface area contributed by atoms with E-state index >= 15 is 0 Å². The molecule has 0 aromatic carbocycles. The van der Waals surface area contributed by atoms with E-state index in [1.54, 1.807) is 0 Å². The van der Waals surface area contributed by atoms with Crippen molar-refractivity contribution in [2.24, 2.45) is 0 Å². The number of thiophene rings is 2.